The van der Waals surface area contributed by atoms with E-state index in [1.54, 1.807) is 12.4 Å². The van der Waals surface area contributed by atoms with Crippen molar-refractivity contribution in [2.45, 2.75) is 33.3 Å². The summed E-state index contributed by atoms with van der Waals surface area (Å²) in [6.45, 7) is 6.35. The van der Waals surface area contributed by atoms with E-state index in [9.17, 15) is 5.11 Å². The highest BCUT2D eigenvalue weighted by Gasteiger charge is 2.17. The first-order valence-corrected chi connectivity index (χ1v) is 4.57. The van der Waals surface area contributed by atoms with Crippen LogP contribution in [0.15, 0.2) is 24.5 Å². The monoisotopic (exact) mass is 179 g/mol. The van der Waals surface area contributed by atoms with E-state index in [1.807, 2.05) is 12.1 Å². The third-order valence-corrected chi connectivity index (χ3v) is 1.87. The van der Waals surface area contributed by atoms with E-state index in [0.29, 0.717) is 0 Å². The number of aromatic nitrogens is 1. The lowest BCUT2D eigenvalue weighted by Gasteiger charge is -2.22. The summed E-state index contributed by atoms with van der Waals surface area (Å²) in [6, 6.07) is 3.75. The predicted molar refractivity (Wildman–Crippen MR) is 53.3 cm³/mol. The number of nitrogens with zero attached hydrogens (tertiary/aromatic N) is 1. The van der Waals surface area contributed by atoms with Crippen molar-refractivity contribution in [3.8, 4) is 0 Å². The molecule has 0 aromatic carbocycles. The normalized spacial score (nSPS) is 14.2. The van der Waals surface area contributed by atoms with Crippen LogP contribution in [0.1, 0.15) is 38.9 Å². The first-order valence-electron chi connectivity index (χ1n) is 4.57. The highest BCUT2D eigenvalue weighted by Crippen LogP contribution is 2.28. The zero-order valence-corrected chi connectivity index (χ0v) is 8.49. The molecule has 0 spiro atoms. The highest BCUT2D eigenvalue weighted by molar-refractivity contribution is 5.11. The molecule has 1 heterocycles. The molecule has 0 aliphatic heterocycles. The van der Waals surface area contributed by atoms with Gasteiger partial charge < -0.3 is 5.11 Å². The van der Waals surface area contributed by atoms with Crippen molar-refractivity contribution < 1.29 is 5.11 Å². The fourth-order valence-electron chi connectivity index (χ4n) is 1.27. The number of hydrogen-bond donors (Lipinski definition) is 1. The lowest BCUT2D eigenvalue weighted by atomic mass is 9.87. The van der Waals surface area contributed by atoms with E-state index >= 15 is 0 Å². The summed E-state index contributed by atoms with van der Waals surface area (Å²) >= 11 is 0. The number of hydrogen-bond acceptors (Lipinski definition) is 2. The van der Waals surface area contributed by atoms with Crippen LogP contribution in [-0.2, 0) is 0 Å². The molecule has 2 heteroatoms. The molecule has 1 unspecified atom stereocenters. The van der Waals surface area contributed by atoms with Gasteiger partial charge in [0.15, 0.2) is 0 Å². The molecule has 1 rings (SSSR count). The van der Waals surface area contributed by atoms with Crippen LogP contribution in [0, 0.1) is 5.41 Å². The van der Waals surface area contributed by atoms with Crippen molar-refractivity contribution in [2.24, 2.45) is 5.41 Å². The Morgan fingerprint density at radius 3 is 2.62 bits per heavy atom. The Balaban J connectivity index is 2.64. The molecule has 72 valence electrons. The smallest absolute Gasteiger partial charge is 0.0809 e. The molecule has 0 aliphatic rings. The summed E-state index contributed by atoms with van der Waals surface area (Å²) in [7, 11) is 0. The summed E-state index contributed by atoms with van der Waals surface area (Å²) in [5.74, 6) is 0. The van der Waals surface area contributed by atoms with Gasteiger partial charge in [0, 0.05) is 12.4 Å². The van der Waals surface area contributed by atoms with Crippen molar-refractivity contribution in [1.82, 2.24) is 4.98 Å². The van der Waals surface area contributed by atoms with E-state index in [0.717, 1.165) is 12.0 Å². The Hall–Kier alpha value is -0.890. The van der Waals surface area contributed by atoms with Gasteiger partial charge in [0.25, 0.3) is 0 Å². The first-order chi connectivity index (χ1) is 5.99. The van der Waals surface area contributed by atoms with Crippen molar-refractivity contribution >= 4 is 0 Å². The van der Waals surface area contributed by atoms with Gasteiger partial charge in [0.1, 0.15) is 0 Å². The van der Waals surface area contributed by atoms with Crippen LogP contribution in [0.5, 0.6) is 0 Å². The summed E-state index contributed by atoms with van der Waals surface area (Å²) in [5, 5.41) is 9.82. The van der Waals surface area contributed by atoms with Crippen LogP contribution in [0.25, 0.3) is 0 Å². The van der Waals surface area contributed by atoms with Crippen LogP contribution >= 0.6 is 0 Å². The van der Waals surface area contributed by atoms with Gasteiger partial charge in [0.2, 0.25) is 0 Å². The average molecular weight is 179 g/mol. The maximum atomic E-state index is 9.82. The van der Waals surface area contributed by atoms with Crippen molar-refractivity contribution in [3.63, 3.8) is 0 Å². The van der Waals surface area contributed by atoms with Crippen molar-refractivity contribution in [1.29, 1.82) is 0 Å². The maximum absolute atomic E-state index is 9.82. The second kappa shape index (κ2) is 3.88. The zero-order valence-electron chi connectivity index (χ0n) is 8.49. The van der Waals surface area contributed by atoms with Gasteiger partial charge >= 0.3 is 0 Å². The molecule has 0 amide bonds. The van der Waals surface area contributed by atoms with Crippen molar-refractivity contribution in [3.05, 3.63) is 30.1 Å². The van der Waals surface area contributed by atoms with Gasteiger partial charge in [-0.2, -0.15) is 0 Å². The Kier molecular flexibility index (Phi) is 3.04. The van der Waals surface area contributed by atoms with Crippen LogP contribution in [-0.4, -0.2) is 10.1 Å². The largest absolute Gasteiger partial charge is 0.388 e. The summed E-state index contributed by atoms with van der Waals surface area (Å²) < 4.78 is 0. The Labute approximate surface area is 79.6 Å². The molecular formula is C11H17NO. The molecule has 0 radical (unpaired) electrons. The van der Waals surface area contributed by atoms with Gasteiger partial charge in [-0.15, -0.1) is 0 Å². The molecule has 1 N–H and O–H groups in total. The summed E-state index contributed by atoms with van der Waals surface area (Å²) in [5.41, 5.74) is 1.05. The van der Waals surface area contributed by atoms with Gasteiger partial charge in [0.05, 0.1) is 6.10 Å². The highest BCUT2D eigenvalue weighted by atomic mass is 16.3. The fourth-order valence-corrected chi connectivity index (χ4v) is 1.27. The van der Waals surface area contributed by atoms with Crippen LogP contribution < -0.4 is 0 Å². The second-order valence-corrected chi connectivity index (χ2v) is 4.57. The lowest BCUT2D eigenvalue weighted by Crippen LogP contribution is -2.11. The van der Waals surface area contributed by atoms with E-state index in [4.69, 9.17) is 0 Å². The number of aliphatic hydroxyl groups excluding tert-OH is 1. The molecule has 0 saturated heterocycles. The fraction of sp³-hybridized carbons (Fsp3) is 0.545. The lowest BCUT2D eigenvalue weighted by molar-refractivity contribution is 0.122. The molecule has 0 aliphatic carbocycles. The van der Waals surface area contributed by atoms with Gasteiger partial charge in [-0.3, -0.25) is 4.98 Å². The number of aliphatic hydroxyl groups is 1. The SMILES string of the molecule is CC(C)(C)CC(O)c1cccnc1. The molecule has 13 heavy (non-hydrogen) atoms. The molecule has 2 nitrogen and oxygen atoms in total. The average Bonchev–Trinajstić information content (AvgIpc) is 2.03. The van der Waals surface area contributed by atoms with E-state index < -0.39 is 6.10 Å². The molecule has 1 aromatic rings. The molecule has 0 bridgehead atoms. The zero-order chi connectivity index (χ0) is 9.90. The van der Waals surface area contributed by atoms with E-state index in [-0.39, 0.29) is 5.41 Å². The molecule has 0 saturated carbocycles. The molecule has 0 fully saturated rings. The summed E-state index contributed by atoms with van der Waals surface area (Å²) in [4.78, 5) is 3.98. The Morgan fingerprint density at radius 2 is 2.15 bits per heavy atom. The van der Waals surface area contributed by atoms with Crippen LogP contribution in [0.3, 0.4) is 0 Å². The van der Waals surface area contributed by atoms with Crippen LogP contribution in [0.4, 0.5) is 0 Å². The Bertz CT molecular complexity index is 251. The van der Waals surface area contributed by atoms with E-state index in [2.05, 4.69) is 25.8 Å². The third kappa shape index (κ3) is 3.55. The minimum atomic E-state index is -0.395. The van der Waals surface area contributed by atoms with Gasteiger partial charge in [-0.25, -0.2) is 0 Å². The minimum absolute atomic E-state index is 0.148. The maximum Gasteiger partial charge on any atom is 0.0809 e. The standard InChI is InChI=1S/C11H17NO/c1-11(2,3)7-10(13)9-5-4-6-12-8-9/h4-6,8,10,13H,7H2,1-3H3. The predicted octanol–water partition coefficient (Wildman–Crippen LogP) is 2.55. The van der Waals surface area contributed by atoms with E-state index in [1.165, 1.54) is 0 Å². The van der Waals surface area contributed by atoms with Crippen LogP contribution in [0.2, 0.25) is 0 Å². The third-order valence-electron chi connectivity index (χ3n) is 1.87. The topological polar surface area (TPSA) is 33.1 Å². The van der Waals surface area contributed by atoms with Crippen molar-refractivity contribution in [2.75, 3.05) is 0 Å². The number of pyridine rings is 1. The van der Waals surface area contributed by atoms with Gasteiger partial charge in [-0.05, 0) is 23.5 Å². The molecule has 1 atom stereocenters. The minimum Gasteiger partial charge on any atom is -0.388 e. The second-order valence-electron chi connectivity index (χ2n) is 4.57. The van der Waals surface area contributed by atoms with Gasteiger partial charge in [-0.1, -0.05) is 26.8 Å². The first kappa shape index (κ1) is 10.2. The summed E-state index contributed by atoms with van der Waals surface area (Å²) in [6.07, 6.45) is 3.80. The molecular weight excluding hydrogens is 162 g/mol. The quantitative estimate of drug-likeness (QED) is 0.756. The Morgan fingerprint density at radius 1 is 1.46 bits per heavy atom. The molecule has 1 aromatic heterocycles. The number of rotatable bonds is 2.